The van der Waals surface area contributed by atoms with Crippen LogP contribution in [-0.4, -0.2) is 32.1 Å². The molecule has 4 aromatic rings. The molecule has 2 aromatic carbocycles. The van der Waals surface area contributed by atoms with E-state index in [1.807, 2.05) is 76.2 Å². The molecule has 2 heterocycles. The Morgan fingerprint density at radius 2 is 1.24 bits per heavy atom. The standard InChI is InChI=1S/C14H17NO2S.C8H7NOS.C6H12O2/c1-3-10(4-2)14(16)17-9-13-15-11-7-5-6-8-12(11)18-13;10-5-8-9-6-3-1-2-4-7(6)11-8;1-3-5(4-2)6(7)8/h5-8,10H,3-4,9H2,1-2H3;1-4,10H,5H2;5H,3-4H2,1-2H3,(H,7,8). The van der Waals surface area contributed by atoms with Gasteiger partial charge in [-0.1, -0.05) is 52.0 Å². The summed E-state index contributed by atoms with van der Waals surface area (Å²) >= 11 is 3.11. The number of para-hydroxylation sites is 2. The number of hydrogen-bond donors (Lipinski definition) is 2. The van der Waals surface area contributed by atoms with Gasteiger partial charge in [0.15, 0.2) is 0 Å². The molecule has 0 fully saturated rings. The monoisotopic (exact) mass is 544 g/mol. The summed E-state index contributed by atoms with van der Waals surface area (Å²) in [5, 5.41) is 18.8. The number of nitrogens with zero attached hydrogens (tertiary/aromatic N) is 2. The number of fused-ring (bicyclic) bond motifs is 2. The van der Waals surface area contributed by atoms with Gasteiger partial charge >= 0.3 is 11.9 Å². The summed E-state index contributed by atoms with van der Waals surface area (Å²) in [5.74, 6) is -0.899. The number of carboxylic acids is 1. The van der Waals surface area contributed by atoms with E-state index in [4.69, 9.17) is 14.9 Å². The highest BCUT2D eigenvalue weighted by atomic mass is 32.1. The van der Waals surface area contributed by atoms with Crippen LogP contribution in [0, 0.1) is 11.8 Å². The molecule has 37 heavy (non-hydrogen) atoms. The van der Waals surface area contributed by atoms with E-state index in [0.29, 0.717) is 0 Å². The van der Waals surface area contributed by atoms with E-state index in [-0.39, 0.29) is 31.0 Å². The average Bonchev–Trinajstić information content (AvgIpc) is 3.53. The van der Waals surface area contributed by atoms with E-state index in [2.05, 4.69) is 9.97 Å². The minimum absolute atomic E-state index is 0.0133. The van der Waals surface area contributed by atoms with Crippen LogP contribution in [0.3, 0.4) is 0 Å². The highest BCUT2D eigenvalue weighted by molar-refractivity contribution is 7.18. The van der Waals surface area contributed by atoms with Gasteiger partial charge in [-0.2, -0.15) is 0 Å². The molecule has 7 nitrogen and oxygen atoms in total. The average molecular weight is 545 g/mol. The normalized spacial score (nSPS) is 10.7. The highest BCUT2D eigenvalue weighted by Gasteiger charge is 2.16. The molecule has 4 rings (SSSR count). The van der Waals surface area contributed by atoms with Gasteiger partial charge in [0.25, 0.3) is 0 Å². The van der Waals surface area contributed by atoms with Crippen molar-refractivity contribution in [2.45, 2.75) is 66.6 Å². The molecule has 0 radical (unpaired) electrons. The van der Waals surface area contributed by atoms with Gasteiger partial charge in [0.2, 0.25) is 0 Å². The molecule has 0 amide bonds. The minimum Gasteiger partial charge on any atom is -0.481 e. The molecular formula is C28H36N2O5S2. The fourth-order valence-electron chi connectivity index (χ4n) is 3.48. The predicted octanol–water partition coefficient (Wildman–Crippen LogP) is 7.07. The molecule has 0 aliphatic heterocycles. The van der Waals surface area contributed by atoms with Crippen LogP contribution < -0.4 is 0 Å². The van der Waals surface area contributed by atoms with E-state index in [9.17, 15) is 9.59 Å². The van der Waals surface area contributed by atoms with Gasteiger partial charge in [0.05, 0.1) is 38.9 Å². The third kappa shape index (κ3) is 9.50. The van der Waals surface area contributed by atoms with Crippen molar-refractivity contribution in [1.82, 2.24) is 9.97 Å². The first kappa shape index (κ1) is 30.3. The van der Waals surface area contributed by atoms with Crippen LogP contribution in [0.25, 0.3) is 20.4 Å². The molecule has 9 heteroatoms. The Morgan fingerprint density at radius 3 is 1.65 bits per heavy atom. The van der Waals surface area contributed by atoms with Crippen LogP contribution in [0.5, 0.6) is 0 Å². The zero-order valence-electron chi connectivity index (χ0n) is 21.8. The van der Waals surface area contributed by atoms with Gasteiger partial charge in [-0.3, -0.25) is 9.59 Å². The summed E-state index contributed by atoms with van der Waals surface area (Å²) in [6, 6.07) is 15.8. The number of thiazole rings is 2. The summed E-state index contributed by atoms with van der Waals surface area (Å²) in [7, 11) is 0. The van der Waals surface area contributed by atoms with Gasteiger partial charge in [0, 0.05) is 0 Å². The molecule has 2 aromatic heterocycles. The smallest absolute Gasteiger partial charge is 0.309 e. The maximum absolute atomic E-state index is 11.7. The summed E-state index contributed by atoms with van der Waals surface area (Å²) in [6.07, 6.45) is 3.14. The van der Waals surface area contributed by atoms with E-state index < -0.39 is 5.97 Å². The van der Waals surface area contributed by atoms with Crippen LogP contribution in [0.1, 0.15) is 63.4 Å². The molecule has 0 bridgehead atoms. The van der Waals surface area contributed by atoms with E-state index in [1.54, 1.807) is 11.3 Å². The number of esters is 1. The van der Waals surface area contributed by atoms with Gasteiger partial charge < -0.3 is 14.9 Å². The van der Waals surface area contributed by atoms with E-state index in [0.717, 1.165) is 56.1 Å². The lowest BCUT2D eigenvalue weighted by molar-refractivity contribution is -0.150. The van der Waals surface area contributed by atoms with Crippen LogP contribution in [0.2, 0.25) is 0 Å². The number of carbonyl (C=O) groups excluding carboxylic acids is 1. The number of aromatic nitrogens is 2. The van der Waals surface area contributed by atoms with Crippen molar-refractivity contribution in [2.75, 3.05) is 0 Å². The van der Waals surface area contributed by atoms with Crippen LogP contribution >= 0.6 is 22.7 Å². The second kappa shape index (κ2) is 16.1. The van der Waals surface area contributed by atoms with Crippen molar-refractivity contribution in [3.63, 3.8) is 0 Å². The summed E-state index contributed by atoms with van der Waals surface area (Å²) in [6.45, 7) is 8.12. The predicted molar refractivity (Wildman–Crippen MR) is 151 cm³/mol. The Labute approximate surface area is 226 Å². The molecule has 0 atom stereocenters. The molecule has 200 valence electrons. The van der Waals surface area contributed by atoms with Crippen molar-refractivity contribution in [2.24, 2.45) is 11.8 Å². The summed E-state index contributed by atoms with van der Waals surface area (Å²) in [4.78, 5) is 30.5. The number of aliphatic carboxylic acids is 1. The Kier molecular flexibility index (Phi) is 13.2. The molecule has 0 spiro atoms. The van der Waals surface area contributed by atoms with Crippen LogP contribution in [-0.2, 0) is 27.5 Å². The SMILES string of the molecule is CCC(CC)C(=O)O.CCC(CC)C(=O)OCc1nc2ccccc2s1.OCc1nc2ccccc2s1. The second-order valence-corrected chi connectivity index (χ2v) is 10.5. The first-order valence-electron chi connectivity index (χ1n) is 12.6. The quantitative estimate of drug-likeness (QED) is 0.217. The number of rotatable bonds is 9. The molecule has 2 N–H and O–H groups in total. The zero-order valence-corrected chi connectivity index (χ0v) is 23.5. The molecule has 0 aliphatic rings. The molecule has 0 aliphatic carbocycles. The number of benzene rings is 2. The number of aliphatic hydroxyl groups excluding tert-OH is 1. The fraction of sp³-hybridized carbons (Fsp3) is 0.429. The topological polar surface area (TPSA) is 110 Å². The molecular weight excluding hydrogens is 508 g/mol. The number of aliphatic hydroxyl groups is 1. The van der Waals surface area contributed by atoms with E-state index in [1.165, 1.54) is 11.3 Å². The van der Waals surface area contributed by atoms with Crippen molar-refractivity contribution < 1.29 is 24.5 Å². The van der Waals surface area contributed by atoms with Gasteiger partial charge in [-0.25, -0.2) is 9.97 Å². The Morgan fingerprint density at radius 1 is 0.784 bits per heavy atom. The molecule has 0 unspecified atom stereocenters. The van der Waals surface area contributed by atoms with Crippen molar-refractivity contribution in [1.29, 1.82) is 0 Å². The highest BCUT2D eigenvalue weighted by Crippen LogP contribution is 2.23. The minimum atomic E-state index is -0.671. The maximum atomic E-state index is 11.7. The first-order valence-corrected chi connectivity index (χ1v) is 14.2. The first-order chi connectivity index (χ1) is 17.9. The molecule has 0 saturated carbocycles. The maximum Gasteiger partial charge on any atom is 0.309 e. The second-order valence-electron chi connectivity index (χ2n) is 8.28. The lowest BCUT2D eigenvalue weighted by atomic mass is 10.0. The number of carbonyl (C=O) groups is 2. The third-order valence-corrected chi connectivity index (χ3v) is 7.83. The van der Waals surface area contributed by atoms with Crippen molar-refractivity contribution in [3.8, 4) is 0 Å². The lowest BCUT2D eigenvalue weighted by Crippen LogP contribution is -2.16. The van der Waals surface area contributed by atoms with Crippen molar-refractivity contribution >= 4 is 55.0 Å². The Bertz CT molecular complexity index is 1180. The third-order valence-electron chi connectivity index (χ3n) is 5.80. The largest absolute Gasteiger partial charge is 0.481 e. The Balaban J connectivity index is 0.000000216. The lowest BCUT2D eigenvalue weighted by Gasteiger charge is -2.10. The number of hydrogen-bond acceptors (Lipinski definition) is 8. The van der Waals surface area contributed by atoms with Crippen LogP contribution in [0.15, 0.2) is 48.5 Å². The zero-order chi connectivity index (χ0) is 27.2. The van der Waals surface area contributed by atoms with Crippen molar-refractivity contribution in [3.05, 3.63) is 58.5 Å². The van der Waals surface area contributed by atoms with Gasteiger partial charge in [-0.05, 0) is 49.9 Å². The molecule has 0 saturated heterocycles. The number of ether oxygens (including phenoxy) is 1. The van der Waals surface area contributed by atoms with Crippen LogP contribution in [0.4, 0.5) is 0 Å². The van der Waals surface area contributed by atoms with E-state index >= 15 is 0 Å². The van der Waals surface area contributed by atoms with Gasteiger partial charge in [-0.15, -0.1) is 22.7 Å². The number of carboxylic acid groups (broad SMARTS) is 1. The fourth-order valence-corrected chi connectivity index (χ4v) is 5.19. The van der Waals surface area contributed by atoms with Gasteiger partial charge in [0.1, 0.15) is 16.6 Å². The Hall–Kier alpha value is -2.88. The summed E-state index contributed by atoms with van der Waals surface area (Å²) < 4.78 is 7.58. The summed E-state index contributed by atoms with van der Waals surface area (Å²) in [5.41, 5.74) is 1.94.